The van der Waals surface area contributed by atoms with E-state index in [1.165, 1.54) is 4.90 Å². The van der Waals surface area contributed by atoms with Crippen molar-refractivity contribution < 1.29 is 31.8 Å². The molecule has 10 nitrogen and oxygen atoms in total. The van der Waals surface area contributed by atoms with Crippen molar-refractivity contribution in [1.82, 2.24) is 25.1 Å². The average Bonchev–Trinajstić information content (AvgIpc) is 3.81. The standard InChI is InChI=1S/C35H37F4N7O3/c1-20-3-6-26-25(16-40-43-26)27(20)28-23(22-4-5-22)15-24-29(30(28)49-19-35(37,38)39)41-33(45-11-13-48-14-12-45)42-31(24)44-9-7-34(8-10-44)17-46(18-34)32(47)21(2)36/h3,6,15-16,22H,2,4-5,7-14,17-19H2,1H3,(H,40,43). The van der Waals surface area contributed by atoms with Gasteiger partial charge in [0.25, 0.3) is 5.91 Å². The SMILES string of the molecule is C=C(F)C(=O)N1CC2(CCN(c3nc(N4CCOCC4)nc4c(OCC(F)(F)F)c(-c5c(C)ccc6[nH]ncc56)c(C5CC5)cc34)CC2)C1. The van der Waals surface area contributed by atoms with Crippen LogP contribution in [-0.2, 0) is 9.53 Å². The number of nitrogens with zero attached hydrogens (tertiary/aromatic N) is 6. The van der Waals surface area contributed by atoms with Crippen LogP contribution in [0.2, 0.25) is 0 Å². The van der Waals surface area contributed by atoms with Crippen LogP contribution >= 0.6 is 0 Å². The summed E-state index contributed by atoms with van der Waals surface area (Å²) < 4.78 is 66.8. The number of fused-ring (bicyclic) bond motifs is 2. The number of rotatable bonds is 7. The smallest absolute Gasteiger partial charge is 0.422 e. The number of likely N-dealkylation sites (tertiary alicyclic amines) is 1. The van der Waals surface area contributed by atoms with Crippen molar-refractivity contribution in [3.8, 4) is 16.9 Å². The van der Waals surface area contributed by atoms with Gasteiger partial charge in [-0.15, -0.1) is 0 Å². The number of aryl methyl sites for hydroxylation is 1. The Bertz CT molecular complexity index is 1950. The Hall–Kier alpha value is -4.46. The average molecular weight is 680 g/mol. The van der Waals surface area contributed by atoms with E-state index in [-0.39, 0.29) is 17.1 Å². The van der Waals surface area contributed by atoms with Crippen LogP contribution in [0.25, 0.3) is 32.9 Å². The van der Waals surface area contributed by atoms with Crippen LogP contribution in [0.5, 0.6) is 5.75 Å². The fourth-order valence-electron chi connectivity index (χ4n) is 7.69. The summed E-state index contributed by atoms with van der Waals surface area (Å²) in [7, 11) is 0. The predicted octanol–water partition coefficient (Wildman–Crippen LogP) is 6.05. The minimum atomic E-state index is -4.58. The van der Waals surface area contributed by atoms with Crippen LogP contribution in [0.4, 0.5) is 29.3 Å². The van der Waals surface area contributed by atoms with Crippen molar-refractivity contribution in [3.05, 3.63) is 47.9 Å². The van der Waals surface area contributed by atoms with Crippen LogP contribution < -0.4 is 14.5 Å². The molecule has 0 atom stereocenters. The minimum absolute atomic E-state index is 0.0970. The van der Waals surface area contributed by atoms with Crippen LogP contribution in [0.15, 0.2) is 36.8 Å². The Kier molecular flexibility index (Phi) is 7.69. The fraction of sp³-hybridized carbons (Fsp3) is 0.486. The van der Waals surface area contributed by atoms with Crippen molar-refractivity contribution in [3.63, 3.8) is 0 Å². The number of carbonyl (C=O) groups excluding carboxylic acids is 1. The molecule has 1 amide bonds. The van der Waals surface area contributed by atoms with Crippen LogP contribution in [0, 0.1) is 12.3 Å². The Morgan fingerprint density at radius 1 is 1.06 bits per heavy atom. The van der Waals surface area contributed by atoms with E-state index in [1.807, 2.05) is 24.0 Å². The molecule has 0 unspecified atom stereocenters. The van der Waals surface area contributed by atoms with Crippen LogP contribution in [0.1, 0.15) is 42.7 Å². The summed E-state index contributed by atoms with van der Waals surface area (Å²) >= 11 is 0. The number of nitrogens with one attached hydrogen (secondary N) is 1. The topological polar surface area (TPSA) is 99.7 Å². The number of aromatic nitrogens is 4. The van der Waals surface area contributed by atoms with Crippen molar-refractivity contribution in [2.24, 2.45) is 5.41 Å². The Balaban J connectivity index is 1.29. The quantitative estimate of drug-likeness (QED) is 0.186. The summed E-state index contributed by atoms with van der Waals surface area (Å²) in [5.41, 5.74) is 4.19. The van der Waals surface area contributed by atoms with Gasteiger partial charge in [0.2, 0.25) is 5.95 Å². The van der Waals surface area contributed by atoms with E-state index in [2.05, 4.69) is 27.7 Å². The van der Waals surface area contributed by atoms with Gasteiger partial charge in [-0.3, -0.25) is 9.89 Å². The third-order valence-electron chi connectivity index (χ3n) is 10.4. The maximum atomic E-state index is 14.0. The predicted molar refractivity (Wildman–Crippen MR) is 177 cm³/mol. The molecule has 8 rings (SSSR count). The highest BCUT2D eigenvalue weighted by Crippen LogP contribution is 2.53. The lowest BCUT2D eigenvalue weighted by atomic mass is 9.72. The highest BCUT2D eigenvalue weighted by Gasteiger charge is 2.47. The summed E-state index contributed by atoms with van der Waals surface area (Å²) in [5.74, 6) is -0.318. The second-order valence-corrected chi connectivity index (χ2v) is 13.8. The van der Waals surface area contributed by atoms with Gasteiger partial charge in [-0.25, -0.2) is 9.37 Å². The molecule has 5 heterocycles. The number of aromatic amines is 1. The van der Waals surface area contributed by atoms with Gasteiger partial charge >= 0.3 is 6.18 Å². The number of anilines is 2. The van der Waals surface area contributed by atoms with Gasteiger partial charge in [0.1, 0.15) is 11.3 Å². The summed E-state index contributed by atoms with van der Waals surface area (Å²) in [4.78, 5) is 27.9. The van der Waals surface area contributed by atoms with Gasteiger partial charge in [0.05, 0.1) is 24.9 Å². The van der Waals surface area contributed by atoms with Gasteiger partial charge in [0, 0.05) is 61.0 Å². The number of morpholine rings is 1. The molecule has 14 heteroatoms. The summed E-state index contributed by atoms with van der Waals surface area (Å²) in [5, 5.41) is 8.70. The Morgan fingerprint density at radius 2 is 1.80 bits per heavy atom. The third kappa shape index (κ3) is 5.83. The number of alkyl halides is 3. The lowest BCUT2D eigenvalue weighted by Crippen LogP contribution is -2.62. The number of hydrogen-bond acceptors (Lipinski definition) is 8. The Morgan fingerprint density at radius 3 is 2.47 bits per heavy atom. The molecule has 4 aliphatic rings. The number of piperidine rings is 1. The van der Waals surface area contributed by atoms with E-state index in [0.29, 0.717) is 80.7 Å². The Labute approximate surface area is 280 Å². The monoisotopic (exact) mass is 679 g/mol. The lowest BCUT2D eigenvalue weighted by Gasteiger charge is -2.54. The zero-order valence-corrected chi connectivity index (χ0v) is 27.2. The molecule has 258 valence electrons. The van der Waals surface area contributed by atoms with Crippen LogP contribution in [-0.4, -0.2) is 96.2 Å². The molecular weight excluding hydrogens is 642 g/mol. The van der Waals surface area contributed by atoms with E-state index in [9.17, 15) is 22.4 Å². The zero-order valence-electron chi connectivity index (χ0n) is 27.2. The second-order valence-electron chi connectivity index (χ2n) is 13.8. The van der Waals surface area contributed by atoms with Crippen molar-refractivity contribution in [2.45, 2.75) is 44.7 Å². The molecule has 49 heavy (non-hydrogen) atoms. The zero-order chi connectivity index (χ0) is 34.1. The van der Waals surface area contributed by atoms with E-state index in [4.69, 9.17) is 19.4 Å². The van der Waals surface area contributed by atoms with E-state index in [1.54, 1.807) is 6.20 Å². The molecule has 2 aromatic heterocycles. The molecule has 3 saturated heterocycles. The van der Waals surface area contributed by atoms with Crippen LogP contribution in [0.3, 0.4) is 0 Å². The molecule has 4 aromatic rings. The molecule has 2 aromatic carbocycles. The van der Waals surface area contributed by atoms with Gasteiger partial charge in [-0.2, -0.15) is 23.3 Å². The highest BCUT2D eigenvalue weighted by atomic mass is 19.4. The molecule has 0 radical (unpaired) electrons. The van der Waals surface area contributed by atoms with E-state index >= 15 is 0 Å². The van der Waals surface area contributed by atoms with Gasteiger partial charge < -0.3 is 24.2 Å². The molecule has 1 saturated carbocycles. The summed E-state index contributed by atoms with van der Waals surface area (Å²) in [6.45, 7) is 7.82. The number of H-pyrrole nitrogens is 1. The summed E-state index contributed by atoms with van der Waals surface area (Å²) in [6, 6.07) is 5.93. The first-order valence-electron chi connectivity index (χ1n) is 16.7. The largest absolute Gasteiger partial charge is 0.481 e. The molecule has 3 aliphatic heterocycles. The number of carbonyl (C=O) groups is 1. The first-order valence-corrected chi connectivity index (χ1v) is 16.7. The third-order valence-corrected chi connectivity index (χ3v) is 10.4. The second kappa shape index (κ2) is 11.9. The highest BCUT2D eigenvalue weighted by molar-refractivity contribution is 6.06. The number of amides is 1. The fourth-order valence-corrected chi connectivity index (χ4v) is 7.69. The molecule has 4 fully saturated rings. The number of benzene rings is 2. The van der Waals surface area contributed by atoms with Crippen molar-refractivity contribution >= 4 is 39.5 Å². The van der Waals surface area contributed by atoms with Crippen molar-refractivity contribution in [1.29, 1.82) is 0 Å². The minimum Gasteiger partial charge on any atom is -0.481 e. The number of hydrogen-bond donors (Lipinski definition) is 1. The van der Waals surface area contributed by atoms with Crippen molar-refractivity contribution in [2.75, 3.05) is 68.9 Å². The molecule has 0 bridgehead atoms. The molecule has 1 spiro atoms. The molecule has 1 N–H and O–H groups in total. The maximum Gasteiger partial charge on any atom is 0.422 e. The lowest BCUT2D eigenvalue weighted by molar-refractivity contribution is -0.153. The maximum absolute atomic E-state index is 14.0. The first-order chi connectivity index (χ1) is 23.5. The van der Waals surface area contributed by atoms with Gasteiger partial charge in [-0.05, 0) is 67.3 Å². The molecule has 1 aliphatic carbocycles. The van der Waals surface area contributed by atoms with E-state index in [0.717, 1.165) is 53.3 Å². The van der Waals surface area contributed by atoms with E-state index < -0.39 is 24.5 Å². The number of halogens is 4. The first kappa shape index (κ1) is 31.8. The molecular formula is C35H37F4N7O3. The van der Waals surface area contributed by atoms with Gasteiger partial charge in [-0.1, -0.05) is 12.6 Å². The summed E-state index contributed by atoms with van der Waals surface area (Å²) in [6.07, 6.45) is 0.450. The number of ether oxygens (including phenoxy) is 2. The normalized spacial score (nSPS) is 19.5. The van der Waals surface area contributed by atoms with Gasteiger partial charge in [0.15, 0.2) is 18.2 Å².